The van der Waals surface area contributed by atoms with Gasteiger partial charge in [0.25, 0.3) is 0 Å². The van der Waals surface area contributed by atoms with E-state index >= 15 is 0 Å². The van der Waals surface area contributed by atoms with E-state index < -0.39 is 6.10 Å². The highest BCUT2D eigenvalue weighted by Crippen LogP contribution is 2.49. The maximum absolute atomic E-state index is 10.3. The molecule has 16 heavy (non-hydrogen) atoms. The molecule has 1 aromatic carbocycles. The summed E-state index contributed by atoms with van der Waals surface area (Å²) >= 11 is 11.8. The Bertz CT molecular complexity index is 385. The monoisotopic (exact) mass is 259 g/mol. The van der Waals surface area contributed by atoms with Crippen molar-refractivity contribution in [1.29, 1.82) is 0 Å². The fourth-order valence-electron chi connectivity index (χ4n) is 2.26. The Balaban J connectivity index is 2.26. The molecular formula is C12H15Cl2NO. The van der Waals surface area contributed by atoms with Crippen LogP contribution in [0.4, 0.5) is 0 Å². The second-order valence-corrected chi connectivity index (χ2v) is 5.31. The van der Waals surface area contributed by atoms with Crippen LogP contribution in [0.3, 0.4) is 0 Å². The van der Waals surface area contributed by atoms with Gasteiger partial charge in [0.1, 0.15) is 0 Å². The van der Waals surface area contributed by atoms with Crippen LogP contribution in [-0.4, -0.2) is 11.7 Å². The van der Waals surface area contributed by atoms with E-state index in [0.29, 0.717) is 16.6 Å². The van der Waals surface area contributed by atoms with Crippen molar-refractivity contribution in [3.05, 3.63) is 33.8 Å². The van der Waals surface area contributed by atoms with Crippen LogP contribution in [0.5, 0.6) is 0 Å². The first kappa shape index (κ1) is 12.2. The van der Waals surface area contributed by atoms with Gasteiger partial charge in [0.15, 0.2) is 0 Å². The molecule has 2 rings (SSSR count). The van der Waals surface area contributed by atoms with Gasteiger partial charge < -0.3 is 10.8 Å². The average Bonchev–Trinajstić information content (AvgIpc) is 2.21. The number of nitrogens with two attached hydrogens (primary N) is 1. The first-order chi connectivity index (χ1) is 7.59. The number of hydrogen-bond donors (Lipinski definition) is 2. The third-order valence-corrected chi connectivity index (χ3v) is 4.33. The number of aliphatic hydroxyl groups excluding tert-OH is 1. The minimum absolute atomic E-state index is 0.156. The maximum atomic E-state index is 10.3. The molecule has 1 saturated carbocycles. The second kappa shape index (κ2) is 4.53. The quantitative estimate of drug-likeness (QED) is 0.876. The molecule has 0 aliphatic heterocycles. The van der Waals surface area contributed by atoms with Crippen LogP contribution >= 0.6 is 23.2 Å². The van der Waals surface area contributed by atoms with Crippen LogP contribution in [0.2, 0.25) is 10.0 Å². The van der Waals surface area contributed by atoms with Crippen LogP contribution in [-0.2, 0) is 0 Å². The zero-order valence-electron chi connectivity index (χ0n) is 8.92. The number of rotatable bonds is 3. The van der Waals surface area contributed by atoms with Crippen molar-refractivity contribution in [1.82, 2.24) is 0 Å². The summed E-state index contributed by atoms with van der Waals surface area (Å²) < 4.78 is 0. The number of benzene rings is 1. The second-order valence-electron chi connectivity index (χ2n) is 4.50. The van der Waals surface area contributed by atoms with Crippen molar-refractivity contribution >= 4 is 23.2 Å². The Kier molecular flexibility index (Phi) is 3.45. The summed E-state index contributed by atoms with van der Waals surface area (Å²) in [6.45, 7) is 0.508. The van der Waals surface area contributed by atoms with Crippen LogP contribution in [0.25, 0.3) is 0 Å². The molecule has 1 atom stereocenters. The molecule has 0 aromatic heterocycles. The fourth-order valence-corrected chi connectivity index (χ4v) is 2.56. The van der Waals surface area contributed by atoms with E-state index in [4.69, 9.17) is 28.9 Å². The molecule has 2 nitrogen and oxygen atoms in total. The van der Waals surface area contributed by atoms with Crippen molar-refractivity contribution in [2.24, 2.45) is 11.1 Å². The predicted octanol–water partition coefficient (Wildman–Crippen LogP) is 3.16. The standard InChI is InChI=1S/C12H15Cl2NO/c13-9-3-2-8(6-10(9)14)11(16)12(7-15)4-1-5-12/h2-3,6,11,16H,1,4-5,7,15H2. The van der Waals surface area contributed by atoms with Gasteiger partial charge in [-0.3, -0.25) is 0 Å². The Morgan fingerprint density at radius 1 is 1.31 bits per heavy atom. The van der Waals surface area contributed by atoms with E-state index in [2.05, 4.69) is 0 Å². The summed E-state index contributed by atoms with van der Waals surface area (Å²) in [5.74, 6) is 0. The van der Waals surface area contributed by atoms with Crippen molar-refractivity contribution in [3.63, 3.8) is 0 Å². The normalized spacial score (nSPS) is 20.2. The van der Waals surface area contributed by atoms with E-state index in [-0.39, 0.29) is 5.41 Å². The van der Waals surface area contributed by atoms with E-state index in [1.165, 1.54) is 0 Å². The molecule has 3 N–H and O–H groups in total. The van der Waals surface area contributed by atoms with E-state index in [1.807, 2.05) is 6.07 Å². The SMILES string of the molecule is NCC1(C(O)c2ccc(Cl)c(Cl)c2)CCC1. The summed E-state index contributed by atoms with van der Waals surface area (Å²) in [4.78, 5) is 0. The molecule has 0 bridgehead atoms. The third kappa shape index (κ3) is 1.95. The Hall–Kier alpha value is -0.280. The van der Waals surface area contributed by atoms with E-state index in [0.717, 1.165) is 24.8 Å². The van der Waals surface area contributed by atoms with E-state index in [1.54, 1.807) is 12.1 Å². The van der Waals surface area contributed by atoms with Gasteiger partial charge in [0.05, 0.1) is 16.1 Å². The van der Waals surface area contributed by atoms with Crippen molar-refractivity contribution in [2.75, 3.05) is 6.54 Å². The lowest BCUT2D eigenvalue weighted by Crippen LogP contribution is -2.42. The predicted molar refractivity (Wildman–Crippen MR) is 66.8 cm³/mol. The highest BCUT2D eigenvalue weighted by atomic mass is 35.5. The summed E-state index contributed by atoms with van der Waals surface area (Å²) in [7, 11) is 0. The Labute approximate surface area is 105 Å². The minimum Gasteiger partial charge on any atom is -0.388 e. The third-order valence-electron chi connectivity index (χ3n) is 3.60. The fraction of sp³-hybridized carbons (Fsp3) is 0.500. The lowest BCUT2D eigenvalue weighted by Gasteiger charge is -2.44. The lowest BCUT2D eigenvalue weighted by molar-refractivity contribution is -0.0296. The van der Waals surface area contributed by atoms with Gasteiger partial charge in [-0.1, -0.05) is 35.7 Å². The van der Waals surface area contributed by atoms with Crippen LogP contribution in [0, 0.1) is 5.41 Å². The van der Waals surface area contributed by atoms with Crippen molar-refractivity contribution in [2.45, 2.75) is 25.4 Å². The van der Waals surface area contributed by atoms with Gasteiger partial charge >= 0.3 is 0 Å². The minimum atomic E-state index is -0.541. The van der Waals surface area contributed by atoms with Gasteiger partial charge in [0.2, 0.25) is 0 Å². The summed E-state index contributed by atoms with van der Waals surface area (Å²) in [5, 5.41) is 11.3. The molecule has 1 fully saturated rings. The molecule has 0 radical (unpaired) electrons. The largest absolute Gasteiger partial charge is 0.388 e. The topological polar surface area (TPSA) is 46.2 Å². The maximum Gasteiger partial charge on any atom is 0.0858 e. The molecule has 0 amide bonds. The molecule has 1 aliphatic carbocycles. The van der Waals surface area contributed by atoms with Crippen molar-refractivity contribution in [3.8, 4) is 0 Å². The van der Waals surface area contributed by atoms with Gasteiger partial charge in [-0.15, -0.1) is 0 Å². The van der Waals surface area contributed by atoms with E-state index in [9.17, 15) is 5.11 Å². The Morgan fingerprint density at radius 3 is 2.44 bits per heavy atom. The molecule has 4 heteroatoms. The Morgan fingerprint density at radius 2 is 2.00 bits per heavy atom. The van der Waals surface area contributed by atoms with Crippen LogP contribution < -0.4 is 5.73 Å². The molecule has 1 aromatic rings. The molecule has 0 saturated heterocycles. The van der Waals surface area contributed by atoms with Gasteiger partial charge in [-0.05, 0) is 30.5 Å². The summed E-state index contributed by atoms with van der Waals surface area (Å²) in [6, 6.07) is 5.25. The number of aliphatic hydroxyl groups is 1. The highest BCUT2D eigenvalue weighted by Gasteiger charge is 2.42. The number of halogens is 2. The first-order valence-corrected chi connectivity index (χ1v) is 6.18. The molecule has 1 aliphatic rings. The molecule has 88 valence electrons. The van der Waals surface area contributed by atoms with Crippen LogP contribution in [0.1, 0.15) is 30.9 Å². The zero-order chi connectivity index (χ0) is 11.8. The van der Waals surface area contributed by atoms with Crippen LogP contribution in [0.15, 0.2) is 18.2 Å². The first-order valence-electron chi connectivity index (χ1n) is 5.42. The lowest BCUT2D eigenvalue weighted by atomic mass is 9.63. The number of hydrogen-bond acceptors (Lipinski definition) is 2. The van der Waals surface area contributed by atoms with Gasteiger partial charge in [0, 0.05) is 12.0 Å². The molecule has 0 heterocycles. The molecular weight excluding hydrogens is 245 g/mol. The highest BCUT2D eigenvalue weighted by molar-refractivity contribution is 6.42. The molecule has 1 unspecified atom stereocenters. The summed E-state index contributed by atoms with van der Waals surface area (Å²) in [5.41, 5.74) is 6.41. The molecule has 0 spiro atoms. The van der Waals surface area contributed by atoms with Gasteiger partial charge in [-0.2, -0.15) is 0 Å². The summed E-state index contributed by atoms with van der Waals surface area (Å²) in [6.07, 6.45) is 2.55. The smallest absolute Gasteiger partial charge is 0.0858 e. The zero-order valence-corrected chi connectivity index (χ0v) is 10.4. The average molecular weight is 260 g/mol. The van der Waals surface area contributed by atoms with Gasteiger partial charge in [-0.25, -0.2) is 0 Å². The van der Waals surface area contributed by atoms with Crippen molar-refractivity contribution < 1.29 is 5.11 Å².